The van der Waals surface area contributed by atoms with Crippen molar-refractivity contribution in [3.05, 3.63) is 24.1 Å². The normalized spacial score (nSPS) is 21.0. The van der Waals surface area contributed by atoms with E-state index < -0.39 is 0 Å². The van der Waals surface area contributed by atoms with Gasteiger partial charge in [-0.1, -0.05) is 20.3 Å². The fraction of sp³-hybridized carbons (Fsp3) is 0.529. The molecule has 1 aliphatic rings. The van der Waals surface area contributed by atoms with Crippen molar-refractivity contribution in [2.75, 3.05) is 11.9 Å². The molecule has 2 atom stereocenters. The highest BCUT2D eigenvalue weighted by molar-refractivity contribution is 5.91. The summed E-state index contributed by atoms with van der Waals surface area (Å²) in [6.45, 7) is 4.17. The van der Waals surface area contributed by atoms with E-state index in [1.807, 2.05) is 26.0 Å². The Morgan fingerprint density at radius 3 is 3.00 bits per heavy atom. The molecule has 6 nitrogen and oxygen atoms in total. The molecule has 1 aromatic heterocycles. The lowest BCUT2D eigenvalue weighted by Crippen LogP contribution is -2.41. The first-order valence-electron chi connectivity index (χ1n) is 8.15. The van der Waals surface area contributed by atoms with E-state index in [0.29, 0.717) is 11.6 Å². The van der Waals surface area contributed by atoms with E-state index in [0.717, 1.165) is 30.4 Å². The fourth-order valence-electron chi connectivity index (χ4n) is 3.05. The van der Waals surface area contributed by atoms with Crippen molar-refractivity contribution >= 4 is 22.8 Å². The molecule has 1 aromatic carbocycles. The first-order chi connectivity index (χ1) is 11.1. The van der Waals surface area contributed by atoms with Crippen LogP contribution in [0.15, 0.2) is 22.6 Å². The molecule has 0 spiro atoms. The minimum Gasteiger partial charge on any atom is -0.440 e. The number of aromatic nitrogens is 1. The Balaban J connectivity index is 1.67. The first-order valence-corrected chi connectivity index (χ1v) is 8.15. The van der Waals surface area contributed by atoms with Crippen LogP contribution in [0, 0.1) is 5.92 Å². The topological polar surface area (TPSA) is 87.4 Å². The van der Waals surface area contributed by atoms with Gasteiger partial charge in [0.2, 0.25) is 0 Å². The van der Waals surface area contributed by atoms with Crippen LogP contribution in [-0.2, 0) is 0 Å². The van der Waals surface area contributed by atoms with Gasteiger partial charge in [-0.2, -0.15) is 0 Å². The van der Waals surface area contributed by atoms with Gasteiger partial charge in [0, 0.05) is 30.2 Å². The second-order valence-electron chi connectivity index (χ2n) is 6.47. The van der Waals surface area contributed by atoms with Crippen LogP contribution in [0.2, 0.25) is 0 Å². The molecular weight excluding hydrogens is 294 g/mol. The Kier molecular flexibility index (Phi) is 4.52. The van der Waals surface area contributed by atoms with Gasteiger partial charge in [-0.25, -0.2) is 9.78 Å². The minimum atomic E-state index is -0.248. The summed E-state index contributed by atoms with van der Waals surface area (Å²) < 4.78 is 5.66. The van der Waals surface area contributed by atoms with Gasteiger partial charge in [0.15, 0.2) is 11.5 Å². The Morgan fingerprint density at radius 2 is 2.26 bits per heavy atom. The molecule has 0 bridgehead atoms. The van der Waals surface area contributed by atoms with Crippen molar-refractivity contribution in [1.82, 2.24) is 10.3 Å². The Hall–Kier alpha value is -2.08. The number of oxazole rings is 1. The number of amides is 2. The molecule has 2 amide bonds. The zero-order valence-corrected chi connectivity index (χ0v) is 13.5. The maximum Gasteiger partial charge on any atom is 0.319 e. The van der Waals surface area contributed by atoms with Crippen molar-refractivity contribution in [2.24, 2.45) is 5.92 Å². The van der Waals surface area contributed by atoms with E-state index in [-0.39, 0.29) is 30.5 Å². The van der Waals surface area contributed by atoms with Gasteiger partial charge >= 0.3 is 6.03 Å². The molecule has 6 heteroatoms. The smallest absolute Gasteiger partial charge is 0.319 e. The largest absolute Gasteiger partial charge is 0.440 e. The number of urea groups is 1. The number of benzene rings is 1. The predicted octanol–water partition coefficient (Wildman–Crippen LogP) is 3.23. The monoisotopic (exact) mass is 317 g/mol. The number of carbonyl (C=O) groups excluding carboxylic acids is 1. The second kappa shape index (κ2) is 6.58. The van der Waals surface area contributed by atoms with Crippen molar-refractivity contribution in [3.63, 3.8) is 0 Å². The highest BCUT2D eigenvalue weighted by Gasteiger charge is 2.27. The fourth-order valence-corrected chi connectivity index (χ4v) is 3.05. The highest BCUT2D eigenvalue weighted by Crippen LogP contribution is 2.26. The van der Waals surface area contributed by atoms with Crippen LogP contribution in [0.25, 0.3) is 11.1 Å². The Bertz CT molecular complexity index is 695. The highest BCUT2D eigenvalue weighted by atomic mass is 16.3. The molecule has 0 radical (unpaired) electrons. The standard InChI is InChI=1S/C17H23N3O3/c1-10(2)16-19-14-8-12(6-7-15(14)23-16)18-17(22)20-13-5-3-4-11(13)9-21/h6-8,10-11,13,21H,3-5,9H2,1-2H3,(H2,18,20,22)/t11-,13-/m1/s1. The van der Waals surface area contributed by atoms with Gasteiger partial charge in [-0.15, -0.1) is 0 Å². The molecule has 23 heavy (non-hydrogen) atoms. The predicted molar refractivity (Wildman–Crippen MR) is 88.5 cm³/mol. The lowest BCUT2D eigenvalue weighted by molar-refractivity contribution is 0.203. The Morgan fingerprint density at radius 1 is 1.43 bits per heavy atom. The number of anilines is 1. The number of aliphatic hydroxyl groups is 1. The van der Waals surface area contributed by atoms with Gasteiger partial charge in [0.1, 0.15) is 5.52 Å². The van der Waals surface area contributed by atoms with Crippen LogP contribution in [0.5, 0.6) is 0 Å². The quantitative estimate of drug-likeness (QED) is 0.808. The number of nitrogens with zero attached hydrogens (tertiary/aromatic N) is 1. The van der Waals surface area contributed by atoms with Crippen molar-refractivity contribution in [1.29, 1.82) is 0 Å². The summed E-state index contributed by atoms with van der Waals surface area (Å²) in [5, 5.41) is 15.1. The molecule has 124 valence electrons. The summed E-state index contributed by atoms with van der Waals surface area (Å²) in [5.74, 6) is 1.07. The summed E-state index contributed by atoms with van der Waals surface area (Å²) in [4.78, 5) is 16.6. The molecule has 1 fully saturated rings. The van der Waals surface area contributed by atoms with E-state index in [4.69, 9.17) is 4.42 Å². The van der Waals surface area contributed by atoms with Crippen LogP contribution >= 0.6 is 0 Å². The molecule has 1 aliphatic carbocycles. The Labute approximate surface area is 135 Å². The summed E-state index contributed by atoms with van der Waals surface area (Å²) in [6, 6.07) is 5.22. The number of hydrogen-bond acceptors (Lipinski definition) is 4. The van der Waals surface area contributed by atoms with E-state index >= 15 is 0 Å². The lowest BCUT2D eigenvalue weighted by atomic mass is 10.1. The van der Waals surface area contributed by atoms with Gasteiger partial charge in [-0.3, -0.25) is 0 Å². The average molecular weight is 317 g/mol. The number of rotatable bonds is 4. The van der Waals surface area contributed by atoms with E-state index in [1.54, 1.807) is 6.07 Å². The third-order valence-corrected chi connectivity index (χ3v) is 4.37. The average Bonchev–Trinajstić information content (AvgIpc) is 3.12. The van der Waals surface area contributed by atoms with Crippen LogP contribution in [0.4, 0.5) is 10.5 Å². The van der Waals surface area contributed by atoms with Crippen LogP contribution in [0.1, 0.15) is 44.9 Å². The zero-order valence-electron chi connectivity index (χ0n) is 13.5. The second-order valence-corrected chi connectivity index (χ2v) is 6.47. The van der Waals surface area contributed by atoms with Gasteiger partial charge in [0.05, 0.1) is 0 Å². The third-order valence-electron chi connectivity index (χ3n) is 4.37. The first kappa shape index (κ1) is 15.8. The number of nitrogens with one attached hydrogen (secondary N) is 2. The van der Waals surface area contributed by atoms with E-state index in [2.05, 4.69) is 15.6 Å². The molecule has 0 aliphatic heterocycles. The zero-order chi connectivity index (χ0) is 16.4. The van der Waals surface area contributed by atoms with Gasteiger partial charge < -0.3 is 20.2 Å². The number of carbonyl (C=O) groups is 1. The molecular formula is C17H23N3O3. The van der Waals surface area contributed by atoms with E-state index in [9.17, 15) is 9.90 Å². The molecule has 0 saturated heterocycles. The maximum atomic E-state index is 12.1. The summed E-state index contributed by atoms with van der Waals surface area (Å²) in [7, 11) is 0. The molecule has 2 aromatic rings. The van der Waals surface area contributed by atoms with Crippen molar-refractivity contribution < 1.29 is 14.3 Å². The third kappa shape index (κ3) is 3.47. The van der Waals surface area contributed by atoms with Crippen LogP contribution in [-0.4, -0.2) is 28.8 Å². The van der Waals surface area contributed by atoms with Gasteiger partial charge in [-0.05, 0) is 31.0 Å². The molecule has 1 saturated carbocycles. The van der Waals surface area contributed by atoms with Gasteiger partial charge in [0.25, 0.3) is 0 Å². The van der Waals surface area contributed by atoms with Crippen LogP contribution in [0.3, 0.4) is 0 Å². The lowest BCUT2D eigenvalue weighted by Gasteiger charge is -2.19. The van der Waals surface area contributed by atoms with Crippen molar-refractivity contribution in [2.45, 2.75) is 45.1 Å². The van der Waals surface area contributed by atoms with Crippen LogP contribution < -0.4 is 10.6 Å². The summed E-state index contributed by atoms with van der Waals surface area (Å²) in [6.07, 6.45) is 2.92. The van der Waals surface area contributed by atoms with E-state index in [1.165, 1.54) is 0 Å². The maximum absolute atomic E-state index is 12.1. The molecule has 3 rings (SSSR count). The summed E-state index contributed by atoms with van der Waals surface area (Å²) in [5.41, 5.74) is 2.13. The summed E-state index contributed by atoms with van der Waals surface area (Å²) >= 11 is 0. The van der Waals surface area contributed by atoms with Crippen molar-refractivity contribution in [3.8, 4) is 0 Å². The number of aliphatic hydroxyl groups excluding tert-OH is 1. The number of hydrogen-bond donors (Lipinski definition) is 3. The molecule has 1 heterocycles. The minimum absolute atomic E-state index is 0.0447. The SMILES string of the molecule is CC(C)c1nc2cc(NC(=O)N[C@@H]3CCC[C@@H]3CO)ccc2o1. The molecule has 0 unspecified atom stereocenters. The number of fused-ring (bicyclic) bond motifs is 1. The molecule has 3 N–H and O–H groups in total.